The molecule has 12 nitrogen and oxygen atoms in total. The van der Waals surface area contributed by atoms with Crippen molar-refractivity contribution in [3.8, 4) is 0 Å². The van der Waals surface area contributed by atoms with Crippen LogP contribution in [0, 0.1) is 17.8 Å². The van der Waals surface area contributed by atoms with Gasteiger partial charge < -0.3 is 59.4 Å². The Labute approximate surface area is 338 Å². The van der Waals surface area contributed by atoms with E-state index in [1.54, 1.807) is 45.0 Å². The van der Waals surface area contributed by atoms with Crippen LogP contribution in [0.2, 0.25) is 9.88 Å². The van der Waals surface area contributed by atoms with E-state index in [-0.39, 0.29) is 53.7 Å². The monoisotopic (exact) mass is 948 g/mol. The van der Waals surface area contributed by atoms with E-state index in [0.717, 1.165) is 77.0 Å². The Morgan fingerprint density at radius 3 is 0.731 bits per heavy atom. The van der Waals surface area contributed by atoms with Gasteiger partial charge in [-0.2, -0.15) is 0 Å². The molecule has 0 aromatic carbocycles. The van der Waals surface area contributed by atoms with Crippen LogP contribution >= 0.6 is 0 Å². The molecule has 0 saturated carbocycles. The topological polar surface area (TPSA) is 241 Å². The van der Waals surface area contributed by atoms with Gasteiger partial charge in [0.15, 0.2) is 0 Å². The second-order valence-corrected chi connectivity index (χ2v) is 11.7. The number of carboxylic acid groups (broad SMARTS) is 6. The van der Waals surface area contributed by atoms with Gasteiger partial charge >= 0.3 is 54.9 Å². The Kier molecular flexibility index (Phi) is 46.9. The zero-order valence-corrected chi connectivity index (χ0v) is 38.2. The average Bonchev–Trinajstić information content (AvgIpc) is 3.10. The number of carboxylic acids is 6. The molecule has 0 rings (SSSR count). The Balaban J connectivity index is -0.000000202. The zero-order chi connectivity index (χ0) is 41.7. The predicted molar refractivity (Wildman–Crippen MR) is 191 cm³/mol. The molecule has 0 aromatic heterocycles. The molecule has 52 heavy (non-hydrogen) atoms. The summed E-state index contributed by atoms with van der Waals surface area (Å²) < 4.78 is 0. The molecule has 0 bridgehead atoms. The Hall–Kier alpha value is -2.36. The summed E-state index contributed by atoms with van der Waals surface area (Å²) in [6.07, 6.45) is 14.0. The molecule has 0 heterocycles. The van der Waals surface area contributed by atoms with E-state index < -0.39 is 35.8 Å². The van der Waals surface area contributed by atoms with Crippen LogP contribution in [0.15, 0.2) is 34.9 Å². The summed E-state index contributed by atoms with van der Waals surface area (Å²) in [7, 11) is 0. The molecular formula is C38H60O12Sn2. The van der Waals surface area contributed by atoms with Crippen molar-refractivity contribution in [2.24, 2.45) is 17.8 Å². The summed E-state index contributed by atoms with van der Waals surface area (Å²) in [5.74, 6) is -8.11. The number of carbonyl (C=O) groups is 6. The molecule has 0 aliphatic heterocycles. The molecule has 14 heteroatoms. The van der Waals surface area contributed by atoms with Gasteiger partial charge in [-0.1, -0.05) is 119 Å². The number of hydrogen-bond donors (Lipinski definition) is 0. The molecule has 0 spiro atoms. The van der Waals surface area contributed by atoms with E-state index in [2.05, 4.69) is 30.7 Å². The van der Waals surface area contributed by atoms with E-state index in [1.807, 2.05) is 20.8 Å². The number of unbranched alkanes of at least 4 members (excludes halogenated alkanes) is 3. The number of carbonyl (C=O) groups excluding carboxylic acids is 6. The van der Waals surface area contributed by atoms with Crippen LogP contribution in [0.4, 0.5) is 0 Å². The Bertz CT molecular complexity index is 951. The second-order valence-electron chi connectivity index (χ2n) is 11.7. The fraction of sp³-hybridized carbons (Fsp3) is 0.684. The first-order valence-electron chi connectivity index (χ1n) is 17.9. The maximum absolute atomic E-state index is 10.7. The summed E-state index contributed by atoms with van der Waals surface area (Å²) in [5, 5.41) is 63.0. The van der Waals surface area contributed by atoms with Crippen molar-refractivity contribution < 1.29 is 59.4 Å². The standard InChI is InChI=1S/3C12H20O4.2CH3.2Sn/c3*1-3-5-6-9(4-2)7-10(12(15)16)8-11(13)14;;;;/h3*8-9H,3-7H2,1-2H3,(H,13,14)(H,15,16);2*1H3;;/q;;;;;2*+3/p-6. The first-order valence-corrected chi connectivity index (χ1v) is 23.6. The molecule has 0 saturated heterocycles. The number of rotatable bonds is 24. The van der Waals surface area contributed by atoms with Gasteiger partial charge in [0.05, 0.1) is 35.8 Å². The average molecular weight is 946 g/mol. The minimum atomic E-state index is -1.48. The molecule has 0 N–H and O–H groups in total. The van der Waals surface area contributed by atoms with E-state index in [0.29, 0.717) is 18.2 Å². The van der Waals surface area contributed by atoms with Crippen LogP contribution in [0.5, 0.6) is 0 Å². The van der Waals surface area contributed by atoms with Gasteiger partial charge in [-0.05, 0) is 72.0 Å². The van der Waals surface area contributed by atoms with Crippen molar-refractivity contribution in [3.63, 3.8) is 0 Å². The van der Waals surface area contributed by atoms with Gasteiger partial charge in [0.1, 0.15) is 0 Å². The van der Waals surface area contributed by atoms with Crippen LogP contribution in [0.25, 0.3) is 0 Å². The van der Waals surface area contributed by atoms with Crippen LogP contribution in [-0.4, -0.2) is 80.9 Å². The van der Waals surface area contributed by atoms with Gasteiger partial charge in [-0.3, -0.25) is 0 Å². The van der Waals surface area contributed by atoms with Crippen LogP contribution in [-0.2, 0) is 28.8 Å². The third kappa shape index (κ3) is 38.9. The summed E-state index contributed by atoms with van der Waals surface area (Å²) in [4.78, 5) is 67.2. The van der Waals surface area contributed by atoms with Gasteiger partial charge in [-0.25, -0.2) is 0 Å². The predicted octanol–water partition coefficient (Wildman–Crippen LogP) is 0.463. The molecule has 292 valence electrons. The molecule has 0 radical (unpaired) electrons. The first kappa shape index (κ1) is 58.9. The minimum absolute atomic E-state index is 0.178. The van der Waals surface area contributed by atoms with Gasteiger partial charge in [-0.15, -0.1) is 0 Å². The SMILES string of the molecule is CCCCC(CC)CC(=CC(=O)[O-])C(=O)[O-].CCCCC(CC)CC(=CC(=O)[O-])C(=O)[O-].CCCCC(CC)CC(=CC(=O)[O-])C(=O)[O-].[CH3][Sn+3].[CH3][Sn+3]. The van der Waals surface area contributed by atoms with Gasteiger partial charge in [0.25, 0.3) is 0 Å². The van der Waals surface area contributed by atoms with Crippen molar-refractivity contribution in [2.45, 2.75) is 148 Å². The Morgan fingerprint density at radius 2 is 0.615 bits per heavy atom. The van der Waals surface area contributed by atoms with E-state index in [1.165, 1.54) is 0 Å². The van der Waals surface area contributed by atoms with E-state index >= 15 is 0 Å². The third-order valence-electron chi connectivity index (χ3n) is 7.82. The summed E-state index contributed by atoms with van der Waals surface area (Å²) in [5.41, 5.74) is -0.533. The van der Waals surface area contributed by atoms with E-state index in [4.69, 9.17) is 0 Å². The fourth-order valence-electron chi connectivity index (χ4n) is 4.79. The van der Waals surface area contributed by atoms with Crippen molar-refractivity contribution in [2.75, 3.05) is 0 Å². The molecule has 0 amide bonds. The van der Waals surface area contributed by atoms with Gasteiger partial charge in [0, 0.05) is 0 Å². The number of aliphatic carboxylic acids is 6. The molecule has 0 aliphatic rings. The second kappa shape index (κ2) is 41.4. The van der Waals surface area contributed by atoms with Crippen LogP contribution in [0.1, 0.15) is 138 Å². The van der Waals surface area contributed by atoms with Crippen molar-refractivity contribution in [1.82, 2.24) is 0 Å². The summed E-state index contributed by atoms with van der Waals surface area (Å²) in [6.45, 7) is 12.1. The first-order chi connectivity index (χ1) is 24.5. The zero-order valence-electron chi connectivity index (χ0n) is 32.5. The molecule has 3 unspecified atom stereocenters. The van der Waals surface area contributed by atoms with Crippen LogP contribution in [0.3, 0.4) is 0 Å². The summed E-state index contributed by atoms with van der Waals surface area (Å²) >= 11 is 3.10. The summed E-state index contributed by atoms with van der Waals surface area (Å²) in [6, 6.07) is 0. The van der Waals surface area contributed by atoms with Crippen molar-refractivity contribution >= 4 is 80.9 Å². The van der Waals surface area contributed by atoms with Crippen LogP contribution < -0.4 is 30.6 Å². The molecule has 0 aromatic rings. The van der Waals surface area contributed by atoms with Gasteiger partial charge in [0.2, 0.25) is 0 Å². The molecular weight excluding hydrogens is 886 g/mol. The fourth-order valence-corrected chi connectivity index (χ4v) is 4.79. The maximum atomic E-state index is 10.7. The molecule has 0 fully saturated rings. The van der Waals surface area contributed by atoms with Crippen molar-refractivity contribution in [3.05, 3.63) is 34.9 Å². The Morgan fingerprint density at radius 1 is 0.423 bits per heavy atom. The van der Waals surface area contributed by atoms with E-state index in [9.17, 15) is 59.4 Å². The third-order valence-corrected chi connectivity index (χ3v) is 7.82. The normalized spacial score (nSPS) is 12.7. The van der Waals surface area contributed by atoms with Crippen molar-refractivity contribution in [1.29, 1.82) is 0 Å². The quantitative estimate of drug-likeness (QED) is 0.0948. The molecule has 0 aliphatic carbocycles. The molecule has 3 atom stereocenters. The number of hydrogen-bond acceptors (Lipinski definition) is 12.